The van der Waals surface area contributed by atoms with Crippen LogP contribution in [0.3, 0.4) is 0 Å². The third-order valence-corrected chi connectivity index (χ3v) is 4.06. The topological polar surface area (TPSA) is 0 Å². The summed E-state index contributed by atoms with van der Waals surface area (Å²) >= 11 is 0. The van der Waals surface area contributed by atoms with Crippen molar-refractivity contribution in [2.24, 2.45) is 5.41 Å². The van der Waals surface area contributed by atoms with Gasteiger partial charge in [-0.15, -0.1) is 0 Å². The number of benzene rings is 1. The molecule has 0 radical (unpaired) electrons. The van der Waals surface area contributed by atoms with Crippen LogP contribution in [0.1, 0.15) is 31.4 Å². The molecule has 17 heavy (non-hydrogen) atoms. The Hall–Kier alpha value is -1.56. The Kier molecular flexibility index (Phi) is 2.32. The quantitative estimate of drug-likeness (QED) is 0.689. The lowest BCUT2D eigenvalue weighted by atomic mass is 9.77. The fourth-order valence-electron chi connectivity index (χ4n) is 2.79. The van der Waals surface area contributed by atoms with Crippen molar-refractivity contribution in [2.75, 3.05) is 0 Å². The zero-order chi connectivity index (χ0) is 11.9. The van der Waals surface area contributed by atoms with Gasteiger partial charge in [0.1, 0.15) is 0 Å². The molecule has 86 valence electrons. The van der Waals surface area contributed by atoms with E-state index in [-0.39, 0.29) is 5.41 Å². The van der Waals surface area contributed by atoms with Gasteiger partial charge in [-0.3, -0.25) is 0 Å². The molecule has 0 spiro atoms. The molecule has 1 aromatic rings. The molecular formula is C17H18. The summed E-state index contributed by atoms with van der Waals surface area (Å²) in [6, 6.07) is 8.72. The number of rotatable bonds is 2. The molecule has 0 aliphatic heterocycles. The number of hydrogen-bond acceptors (Lipinski definition) is 0. The highest BCUT2D eigenvalue weighted by Gasteiger charge is 2.30. The van der Waals surface area contributed by atoms with Crippen molar-refractivity contribution in [3.8, 4) is 0 Å². The molecule has 0 heteroatoms. The molecule has 0 fully saturated rings. The summed E-state index contributed by atoms with van der Waals surface area (Å²) in [7, 11) is 0. The molecule has 0 atom stereocenters. The fourth-order valence-corrected chi connectivity index (χ4v) is 2.79. The van der Waals surface area contributed by atoms with Crippen molar-refractivity contribution in [3.63, 3.8) is 0 Å². The predicted octanol–water partition coefficient (Wildman–Crippen LogP) is 4.54. The summed E-state index contributed by atoms with van der Waals surface area (Å²) in [6.07, 6.45) is 11.5. The lowest BCUT2D eigenvalue weighted by Gasteiger charge is -2.27. The predicted molar refractivity (Wildman–Crippen MR) is 73.7 cm³/mol. The molecule has 0 bridgehead atoms. The highest BCUT2D eigenvalue weighted by atomic mass is 14.3. The van der Waals surface area contributed by atoms with Gasteiger partial charge in [-0.25, -0.2) is 0 Å². The van der Waals surface area contributed by atoms with Crippen molar-refractivity contribution in [2.45, 2.75) is 26.7 Å². The Balaban J connectivity index is 1.96. The van der Waals surface area contributed by atoms with Gasteiger partial charge in [0.2, 0.25) is 0 Å². The molecule has 0 nitrogen and oxygen atoms in total. The Morgan fingerprint density at radius 1 is 1.12 bits per heavy atom. The van der Waals surface area contributed by atoms with Gasteiger partial charge in [-0.2, -0.15) is 0 Å². The van der Waals surface area contributed by atoms with Gasteiger partial charge in [-0.05, 0) is 29.5 Å². The Morgan fingerprint density at radius 3 is 2.65 bits per heavy atom. The Bertz CT molecular complexity index is 539. The van der Waals surface area contributed by atoms with E-state index in [9.17, 15) is 0 Å². The van der Waals surface area contributed by atoms with E-state index in [4.69, 9.17) is 0 Å². The highest BCUT2D eigenvalue weighted by Crippen LogP contribution is 2.43. The fraction of sp³-hybridized carbons (Fsp3) is 0.294. The zero-order valence-electron chi connectivity index (χ0n) is 10.5. The standard InChI is InChI=1S/C17H18/c1-17(2,15-9-5-6-10-15)16-11-13-7-3-4-8-14(13)12-16/h3-5,7-11H,6,12H2,1-2H3. The first kappa shape index (κ1) is 10.6. The summed E-state index contributed by atoms with van der Waals surface area (Å²) < 4.78 is 0. The molecule has 1 aromatic carbocycles. The van der Waals surface area contributed by atoms with Crippen molar-refractivity contribution >= 4 is 6.08 Å². The van der Waals surface area contributed by atoms with Gasteiger partial charge >= 0.3 is 0 Å². The molecule has 2 aliphatic carbocycles. The molecule has 0 heterocycles. The Morgan fingerprint density at radius 2 is 1.94 bits per heavy atom. The van der Waals surface area contributed by atoms with Crippen molar-refractivity contribution in [1.29, 1.82) is 0 Å². The van der Waals surface area contributed by atoms with Crippen LogP contribution >= 0.6 is 0 Å². The average Bonchev–Trinajstić information content (AvgIpc) is 2.98. The van der Waals surface area contributed by atoms with E-state index in [0.717, 1.165) is 12.8 Å². The van der Waals surface area contributed by atoms with E-state index in [1.807, 2.05) is 0 Å². The first-order chi connectivity index (χ1) is 8.18. The van der Waals surface area contributed by atoms with Gasteiger partial charge in [0.15, 0.2) is 0 Å². The first-order valence-electron chi connectivity index (χ1n) is 6.34. The summed E-state index contributed by atoms with van der Waals surface area (Å²) in [5, 5.41) is 0. The molecule has 0 saturated carbocycles. The lowest BCUT2D eigenvalue weighted by molar-refractivity contribution is 0.546. The minimum absolute atomic E-state index is 0.173. The second-order valence-corrected chi connectivity index (χ2v) is 5.47. The number of hydrogen-bond donors (Lipinski definition) is 0. The third-order valence-electron chi connectivity index (χ3n) is 4.06. The SMILES string of the molecule is CC(C)(C1=CCC=C1)C1=Cc2ccccc2C1. The number of fused-ring (bicyclic) bond motifs is 1. The van der Waals surface area contributed by atoms with Crippen molar-refractivity contribution in [3.05, 3.63) is 64.8 Å². The van der Waals surface area contributed by atoms with Gasteiger partial charge in [0.25, 0.3) is 0 Å². The molecule has 0 saturated heterocycles. The molecule has 0 unspecified atom stereocenters. The van der Waals surface area contributed by atoms with E-state index in [1.165, 1.54) is 22.3 Å². The summed E-state index contributed by atoms with van der Waals surface area (Å²) in [5.41, 5.74) is 6.05. The Labute approximate surface area is 103 Å². The van der Waals surface area contributed by atoms with Crippen LogP contribution in [0.25, 0.3) is 6.08 Å². The maximum atomic E-state index is 2.38. The second kappa shape index (κ2) is 3.73. The van der Waals surface area contributed by atoms with E-state index >= 15 is 0 Å². The summed E-state index contributed by atoms with van der Waals surface area (Å²) in [6.45, 7) is 4.68. The van der Waals surface area contributed by atoms with E-state index in [2.05, 4.69) is 62.4 Å². The van der Waals surface area contributed by atoms with Crippen molar-refractivity contribution < 1.29 is 0 Å². The summed E-state index contributed by atoms with van der Waals surface area (Å²) in [5.74, 6) is 0. The molecule has 2 aliphatic rings. The maximum Gasteiger partial charge on any atom is 0.0109 e. The van der Waals surface area contributed by atoms with Crippen LogP contribution in [0.5, 0.6) is 0 Å². The van der Waals surface area contributed by atoms with Crippen LogP contribution in [0, 0.1) is 5.41 Å². The van der Waals surface area contributed by atoms with E-state index in [1.54, 1.807) is 0 Å². The molecule has 0 amide bonds. The van der Waals surface area contributed by atoms with Gasteiger partial charge in [0.05, 0.1) is 0 Å². The number of allylic oxidation sites excluding steroid dienone is 5. The maximum absolute atomic E-state index is 2.38. The van der Waals surface area contributed by atoms with Gasteiger partial charge in [-0.1, -0.05) is 68.0 Å². The minimum atomic E-state index is 0.173. The molecule has 0 aromatic heterocycles. The second-order valence-electron chi connectivity index (χ2n) is 5.47. The van der Waals surface area contributed by atoms with Crippen molar-refractivity contribution in [1.82, 2.24) is 0 Å². The highest BCUT2D eigenvalue weighted by molar-refractivity contribution is 5.66. The third kappa shape index (κ3) is 1.68. The summed E-state index contributed by atoms with van der Waals surface area (Å²) in [4.78, 5) is 0. The van der Waals surface area contributed by atoms with Crippen LogP contribution < -0.4 is 0 Å². The first-order valence-corrected chi connectivity index (χ1v) is 6.34. The average molecular weight is 222 g/mol. The van der Waals surface area contributed by atoms with E-state index in [0.29, 0.717) is 0 Å². The molecular weight excluding hydrogens is 204 g/mol. The van der Waals surface area contributed by atoms with Gasteiger partial charge < -0.3 is 0 Å². The van der Waals surface area contributed by atoms with Crippen LogP contribution in [0.15, 0.2) is 53.6 Å². The largest absolute Gasteiger partial charge is 0.0804 e. The normalized spacial score (nSPS) is 18.0. The zero-order valence-corrected chi connectivity index (χ0v) is 10.5. The van der Waals surface area contributed by atoms with Crippen LogP contribution in [-0.4, -0.2) is 0 Å². The van der Waals surface area contributed by atoms with Crippen LogP contribution in [0.2, 0.25) is 0 Å². The van der Waals surface area contributed by atoms with Gasteiger partial charge in [0, 0.05) is 5.41 Å². The van der Waals surface area contributed by atoms with Crippen LogP contribution in [0.4, 0.5) is 0 Å². The van der Waals surface area contributed by atoms with Crippen LogP contribution in [-0.2, 0) is 6.42 Å². The lowest BCUT2D eigenvalue weighted by Crippen LogP contribution is -2.16. The minimum Gasteiger partial charge on any atom is -0.0804 e. The van der Waals surface area contributed by atoms with E-state index < -0.39 is 0 Å². The molecule has 3 rings (SSSR count). The monoisotopic (exact) mass is 222 g/mol. The molecule has 0 N–H and O–H groups in total. The smallest absolute Gasteiger partial charge is 0.0109 e.